The quantitative estimate of drug-likeness (QED) is 0.599. The average Bonchev–Trinajstić information content (AvgIpc) is 3.15. The first-order chi connectivity index (χ1) is 15.3. The Balaban J connectivity index is 1.34. The number of hydrogen-bond acceptors (Lipinski definition) is 4. The van der Waals surface area contributed by atoms with Gasteiger partial charge < -0.3 is 19.3 Å². The van der Waals surface area contributed by atoms with Gasteiger partial charge in [0.05, 0.1) is 33.7 Å². The van der Waals surface area contributed by atoms with Crippen molar-refractivity contribution in [3.05, 3.63) is 57.2 Å². The van der Waals surface area contributed by atoms with Gasteiger partial charge in [-0.25, -0.2) is 9.78 Å². The Hall–Kier alpha value is -1.73. The average molecular weight is 497 g/mol. The van der Waals surface area contributed by atoms with Crippen molar-refractivity contribution in [2.24, 2.45) is 11.3 Å². The Morgan fingerprint density at radius 1 is 1.12 bits per heavy atom. The molecule has 5 rings (SSSR count). The predicted molar refractivity (Wildman–Crippen MR) is 124 cm³/mol. The number of pyridine rings is 1. The predicted octanol–water partition coefficient (Wildman–Crippen LogP) is 4.98. The molecule has 6 nitrogen and oxygen atoms in total. The Labute approximate surface area is 202 Å². The minimum atomic E-state index is -0.177. The normalized spacial score (nSPS) is 24.8. The van der Waals surface area contributed by atoms with Crippen molar-refractivity contribution in [2.45, 2.75) is 18.9 Å². The number of likely N-dealkylation sites (tertiary alicyclic amines) is 2. The molecule has 0 saturated carbocycles. The Kier molecular flexibility index (Phi) is 5.91. The zero-order valence-electron chi connectivity index (χ0n) is 17.6. The molecule has 0 bridgehead atoms. The van der Waals surface area contributed by atoms with E-state index in [1.165, 1.54) is 0 Å². The molecule has 3 aliphatic heterocycles. The fraction of sp³-hybridized carbons (Fsp3) is 0.478. The van der Waals surface area contributed by atoms with Gasteiger partial charge in [0.1, 0.15) is 6.10 Å². The number of ether oxygens (including phenoxy) is 2. The summed E-state index contributed by atoms with van der Waals surface area (Å²) in [6, 6.07) is 9.27. The van der Waals surface area contributed by atoms with E-state index in [9.17, 15) is 4.79 Å². The Bertz CT molecular complexity index is 1010. The van der Waals surface area contributed by atoms with Crippen LogP contribution in [0, 0.1) is 11.3 Å². The summed E-state index contributed by atoms with van der Waals surface area (Å²) in [5, 5.41) is 1.58. The number of carbonyl (C=O) groups excluding carboxylic acids is 1. The number of urea groups is 1. The van der Waals surface area contributed by atoms with Crippen molar-refractivity contribution >= 4 is 40.8 Å². The first-order valence-corrected chi connectivity index (χ1v) is 11.8. The highest BCUT2D eigenvalue weighted by atomic mass is 35.5. The van der Waals surface area contributed by atoms with Crippen LogP contribution in [0.4, 0.5) is 4.79 Å². The zero-order chi connectivity index (χ0) is 22.5. The maximum atomic E-state index is 13.2. The van der Waals surface area contributed by atoms with Crippen LogP contribution in [0.15, 0.2) is 36.5 Å². The van der Waals surface area contributed by atoms with Gasteiger partial charge in [-0.1, -0.05) is 40.9 Å². The standard InChI is InChI=1S/C23H24Cl3N3O3/c1-14(32-21-5-3-16(24)7-27-21)17-8-28(22(30)29-10-23(11-29)12-31-13-23)9-18(17)15-2-4-19(25)20(26)6-15/h2-7,14,17-18H,8-13H2,1H3/t14-,17-,18+/m0/s1. The Morgan fingerprint density at radius 3 is 2.53 bits per heavy atom. The van der Waals surface area contributed by atoms with E-state index in [1.807, 2.05) is 34.9 Å². The molecular formula is C23H24Cl3N3O3. The molecule has 3 aliphatic rings. The van der Waals surface area contributed by atoms with Crippen molar-refractivity contribution in [1.29, 1.82) is 0 Å². The Morgan fingerprint density at radius 2 is 1.91 bits per heavy atom. The lowest BCUT2D eigenvalue weighted by Crippen LogP contribution is -2.68. The number of hydrogen-bond donors (Lipinski definition) is 0. The number of amides is 2. The lowest BCUT2D eigenvalue weighted by Gasteiger charge is -2.55. The van der Waals surface area contributed by atoms with Crippen molar-refractivity contribution in [2.75, 3.05) is 39.4 Å². The third kappa shape index (κ3) is 4.14. The second-order valence-corrected chi connectivity index (χ2v) is 10.4. The molecule has 2 amide bonds. The zero-order valence-corrected chi connectivity index (χ0v) is 19.9. The van der Waals surface area contributed by atoms with Gasteiger partial charge in [-0.15, -0.1) is 0 Å². The van der Waals surface area contributed by atoms with Crippen LogP contribution in [0.1, 0.15) is 18.4 Å². The lowest BCUT2D eigenvalue weighted by atomic mass is 9.78. The molecule has 32 heavy (non-hydrogen) atoms. The molecular weight excluding hydrogens is 473 g/mol. The topological polar surface area (TPSA) is 54.9 Å². The maximum Gasteiger partial charge on any atom is 0.320 e. The van der Waals surface area contributed by atoms with E-state index < -0.39 is 0 Å². The van der Waals surface area contributed by atoms with E-state index in [0.29, 0.717) is 34.0 Å². The summed E-state index contributed by atoms with van der Waals surface area (Å²) in [5.41, 5.74) is 1.24. The van der Waals surface area contributed by atoms with Gasteiger partial charge in [0, 0.05) is 50.3 Å². The molecule has 9 heteroatoms. The van der Waals surface area contributed by atoms with Crippen LogP contribution in [0.25, 0.3) is 0 Å². The molecule has 3 fully saturated rings. The van der Waals surface area contributed by atoms with Crippen LogP contribution in [-0.2, 0) is 4.74 Å². The number of carbonyl (C=O) groups is 1. The minimum absolute atomic E-state index is 0.0657. The fourth-order valence-electron chi connectivity index (χ4n) is 4.94. The molecule has 3 atom stereocenters. The lowest BCUT2D eigenvalue weighted by molar-refractivity contribution is -0.177. The van der Waals surface area contributed by atoms with Gasteiger partial charge in [0.15, 0.2) is 0 Å². The third-order valence-electron chi connectivity index (χ3n) is 6.76. The molecule has 170 valence electrons. The number of nitrogens with zero attached hydrogens (tertiary/aromatic N) is 3. The molecule has 0 N–H and O–H groups in total. The molecule has 1 aromatic heterocycles. The molecule has 2 aromatic rings. The van der Waals surface area contributed by atoms with Crippen molar-refractivity contribution in [3.8, 4) is 5.88 Å². The van der Waals surface area contributed by atoms with E-state index in [0.717, 1.165) is 31.9 Å². The summed E-state index contributed by atoms with van der Waals surface area (Å²) in [5.74, 6) is 0.642. The molecule has 4 heterocycles. The molecule has 1 spiro atoms. The van der Waals surface area contributed by atoms with Crippen LogP contribution >= 0.6 is 34.8 Å². The third-order valence-corrected chi connectivity index (χ3v) is 7.72. The first-order valence-electron chi connectivity index (χ1n) is 10.7. The number of rotatable bonds is 4. The molecule has 1 aromatic carbocycles. The monoisotopic (exact) mass is 495 g/mol. The summed E-state index contributed by atoms with van der Waals surface area (Å²) in [6.07, 6.45) is 1.39. The molecule has 0 radical (unpaired) electrons. The summed E-state index contributed by atoms with van der Waals surface area (Å²) in [7, 11) is 0. The van der Waals surface area contributed by atoms with Crippen LogP contribution in [0.5, 0.6) is 5.88 Å². The largest absolute Gasteiger partial charge is 0.474 e. The van der Waals surface area contributed by atoms with Gasteiger partial charge >= 0.3 is 6.03 Å². The van der Waals surface area contributed by atoms with Crippen molar-refractivity contribution in [3.63, 3.8) is 0 Å². The highest BCUT2D eigenvalue weighted by Gasteiger charge is 2.52. The molecule has 3 saturated heterocycles. The molecule has 0 aliphatic carbocycles. The maximum absolute atomic E-state index is 13.2. The van der Waals surface area contributed by atoms with Crippen LogP contribution in [0.3, 0.4) is 0 Å². The highest BCUT2D eigenvalue weighted by Crippen LogP contribution is 2.41. The number of aromatic nitrogens is 1. The van der Waals surface area contributed by atoms with E-state index >= 15 is 0 Å². The van der Waals surface area contributed by atoms with Gasteiger partial charge in [0.2, 0.25) is 5.88 Å². The van der Waals surface area contributed by atoms with Crippen molar-refractivity contribution in [1.82, 2.24) is 14.8 Å². The number of halogens is 3. The fourth-order valence-corrected chi connectivity index (χ4v) is 5.36. The summed E-state index contributed by atoms with van der Waals surface area (Å²) >= 11 is 18.4. The second kappa shape index (κ2) is 8.56. The van der Waals surface area contributed by atoms with E-state index in [1.54, 1.807) is 18.3 Å². The minimum Gasteiger partial charge on any atom is -0.474 e. The summed E-state index contributed by atoms with van der Waals surface area (Å²) in [6.45, 7) is 6.26. The van der Waals surface area contributed by atoms with Crippen LogP contribution in [-0.4, -0.2) is 66.3 Å². The summed E-state index contributed by atoms with van der Waals surface area (Å²) < 4.78 is 11.5. The van der Waals surface area contributed by atoms with E-state index in [-0.39, 0.29) is 29.4 Å². The second-order valence-electron chi connectivity index (χ2n) is 9.12. The van der Waals surface area contributed by atoms with Crippen molar-refractivity contribution < 1.29 is 14.3 Å². The van der Waals surface area contributed by atoms with Crippen LogP contribution < -0.4 is 4.74 Å². The van der Waals surface area contributed by atoms with Gasteiger partial charge in [-0.05, 0) is 30.7 Å². The molecule has 0 unspecified atom stereocenters. The SMILES string of the molecule is C[C@H](Oc1ccc(Cl)cn1)[C@@H]1CN(C(=O)N2CC3(COC3)C2)C[C@@H]1c1ccc(Cl)c(Cl)c1. The summed E-state index contributed by atoms with van der Waals surface area (Å²) in [4.78, 5) is 21.3. The van der Waals surface area contributed by atoms with E-state index in [4.69, 9.17) is 44.3 Å². The van der Waals surface area contributed by atoms with Gasteiger partial charge in [-0.2, -0.15) is 0 Å². The van der Waals surface area contributed by atoms with Gasteiger partial charge in [0.25, 0.3) is 0 Å². The first kappa shape index (κ1) is 22.1. The van der Waals surface area contributed by atoms with Crippen LogP contribution in [0.2, 0.25) is 15.1 Å². The highest BCUT2D eigenvalue weighted by molar-refractivity contribution is 6.42. The van der Waals surface area contributed by atoms with Gasteiger partial charge in [-0.3, -0.25) is 0 Å². The number of benzene rings is 1. The van der Waals surface area contributed by atoms with E-state index in [2.05, 4.69) is 4.98 Å². The smallest absolute Gasteiger partial charge is 0.320 e.